The van der Waals surface area contributed by atoms with E-state index in [4.69, 9.17) is 0 Å². The van der Waals surface area contributed by atoms with E-state index in [-0.39, 0.29) is 30.7 Å². The first-order chi connectivity index (χ1) is 10.5. The Morgan fingerprint density at radius 2 is 2.13 bits per heavy atom. The highest BCUT2D eigenvalue weighted by atomic mass is 35.5. The lowest BCUT2D eigenvalue weighted by Crippen LogP contribution is -2.45. The molecular weight excluding hydrogens is 322 g/mol. The first-order valence-electron chi connectivity index (χ1n) is 7.66. The van der Waals surface area contributed by atoms with E-state index in [9.17, 15) is 14.9 Å². The molecule has 0 aromatic carbocycles. The van der Waals surface area contributed by atoms with Crippen LogP contribution in [-0.2, 0) is 11.3 Å². The molecule has 0 aliphatic carbocycles. The normalized spacial score (nSPS) is 19.6. The SMILES string of the molecule is Cc1nc([N+](=O)[O-])cn1CC(=O)N1CCC2(CCNC2)CC1.Cl. The molecular formula is C14H22ClN5O3. The highest BCUT2D eigenvalue weighted by molar-refractivity contribution is 5.85. The lowest BCUT2D eigenvalue weighted by Gasteiger charge is -2.38. The number of nitro groups is 1. The van der Waals surface area contributed by atoms with Crippen LogP contribution in [0.4, 0.5) is 5.82 Å². The van der Waals surface area contributed by atoms with Crippen LogP contribution in [0.25, 0.3) is 0 Å². The van der Waals surface area contributed by atoms with Gasteiger partial charge in [0.15, 0.2) is 0 Å². The number of imidazole rings is 1. The van der Waals surface area contributed by atoms with E-state index in [1.54, 1.807) is 11.5 Å². The molecule has 1 aromatic rings. The predicted molar refractivity (Wildman–Crippen MR) is 86.6 cm³/mol. The van der Waals surface area contributed by atoms with Crippen molar-refractivity contribution in [1.82, 2.24) is 19.8 Å². The number of hydrogen-bond acceptors (Lipinski definition) is 5. The minimum atomic E-state index is -0.536. The summed E-state index contributed by atoms with van der Waals surface area (Å²) < 4.78 is 1.56. The maximum absolute atomic E-state index is 12.4. The number of likely N-dealkylation sites (tertiary alicyclic amines) is 1. The molecule has 2 fully saturated rings. The zero-order valence-corrected chi connectivity index (χ0v) is 14.0. The Morgan fingerprint density at radius 1 is 1.43 bits per heavy atom. The Labute approximate surface area is 140 Å². The van der Waals surface area contributed by atoms with Crippen LogP contribution in [0.3, 0.4) is 0 Å². The number of nitrogens with one attached hydrogen (secondary N) is 1. The number of aromatic nitrogens is 2. The average Bonchev–Trinajstić information content (AvgIpc) is 3.08. The second-order valence-electron chi connectivity index (χ2n) is 6.34. The van der Waals surface area contributed by atoms with E-state index in [1.807, 2.05) is 4.90 Å². The molecule has 0 bridgehead atoms. The fourth-order valence-corrected chi connectivity index (χ4v) is 3.44. The monoisotopic (exact) mass is 343 g/mol. The number of nitrogens with zero attached hydrogens (tertiary/aromatic N) is 4. The molecule has 9 heteroatoms. The Balaban J connectivity index is 0.00000192. The van der Waals surface area contributed by atoms with E-state index in [0.717, 1.165) is 39.0 Å². The number of rotatable bonds is 3. The van der Waals surface area contributed by atoms with Crippen LogP contribution < -0.4 is 5.32 Å². The molecule has 128 valence electrons. The van der Waals surface area contributed by atoms with Crippen molar-refractivity contribution in [1.29, 1.82) is 0 Å². The van der Waals surface area contributed by atoms with Crippen LogP contribution in [0.15, 0.2) is 6.20 Å². The van der Waals surface area contributed by atoms with Crippen LogP contribution in [0.2, 0.25) is 0 Å². The molecule has 2 aliphatic heterocycles. The number of hydrogen-bond donors (Lipinski definition) is 1. The van der Waals surface area contributed by atoms with Gasteiger partial charge >= 0.3 is 5.82 Å². The lowest BCUT2D eigenvalue weighted by atomic mass is 9.78. The Morgan fingerprint density at radius 3 is 2.65 bits per heavy atom. The van der Waals surface area contributed by atoms with Crippen molar-refractivity contribution in [2.45, 2.75) is 32.7 Å². The third-order valence-corrected chi connectivity index (χ3v) is 4.96. The smallest absolute Gasteiger partial charge is 0.358 e. The van der Waals surface area contributed by atoms with Gasteiger partial charge in [-0.05, 0) is 41.1 Å². The average molecular weight is 344 g/mol. The Kier molecular flexibility index (Phi) is 5.26. The van der Waals surface area contributed by atoms with E-state index in [0.29, 0.717) is 11.2 Å². The van der Waals surface area contributed by atoms with Crippen molar-refractivity contribution in [2.75, 3.05) is 26.2 Å². The molecule has 8 nitrogen and oxygen atoms in total. The van der Waals surface area contributed by atoms with Gasteiger partial charge in [-0.15, -0.1) is 12.4 Å². The van der Waals surface area contributed by atoms with E-state index in [1.165, 1.54) is 12.6 Å². The summed E-state index contributed by atoms with van der Waals surface area (Å²) in [5.41, 5.74) is 0.375. The number of aryl methyl sites for hydroxylation is 1. The van der Waals surface area contributed by atoms with Crippen molar-refractivity contribution in [3.8, 4) is 0 Å². The third kappa shape index (κ3) is 3.64. The molecule has 3 heterocycles. The van der Waals surface area contributed by atoms with Crippen molar-refractivity contribution < 1.29 is 9.72 Å². The summed E-state index contributed by atoms with van der Waals surface area (Å²) in [5, 5.41) is 14.1. The molecule has 3 rings (SSSR count). The van der Waals surface area contributed by atoms with Gasteiger partial charge in [0, 0.05) is 26.6 Å². The zero-order chi connectivity index (χ0) is 15.7. The highest BCUT2D eigenvalue weighted by Crippen LogP contribution is 2.36. The van der Waals surface area contributed by atoms with Gasteiger partial charge in [-0.1, -0.05) is 0 Å². The van der Waals surface area contributed by atoms with Crippen LogP contribution in [0.5, 0.6) is 0 Å². The van der Waals surface area contributed by atoms with Gasteiger partial charge in [-0.25, -0.2) is 0 Å². The van der Waals surface area contributed by atoms with Crippen LogP contribution in [0.1, 0.15) is 25.1 Å². The molecule has 0 radical (unpaired) electrons. The van der Waals surface area contributed by atoms with Gasteiger partial charge in [0.1, 0.15) is 12.7 Å². The zero-order valence-electron chi connectivity index (χ0n) is 13.2. The third-order valence-electron chi connectivity index (χ3n) is 4.96. The van der Waals surface area contributed by atoms with Crippen LogP contribution >= 0.6 is 12.4 Å². The second kappa shape index (κ2) is 6.84. The Hall–Kier alpha value is -1.67. The minimum absolute atomic E-state index is 0. The molecule has 2 aliphatic rings. The summed E-state index contributed by atoms with van der Waals surface area (Å²) in [7, 11) is 0. The summed E-state index contributed by atoms with van der Waals surface area (Å²) >= 11 is 0. The number of amides is 1. The maximum Gasteiger partial charge on any atom is 0.381 e. The molecule has 23 heavy (non-hydrogen) atoms. The molecule has 1 N–H and O–H groups in total. The van der Waals surface area contributed by atoms with Crippen molar-refractivity contribution in [3.63, 3.8) is 0 Å². The summed E-state index contributed by atoms with van der Waals surface area (Å²) in [6.07, 6.45) is 4.60. The maximum atomic E-state index is 12.4. The summed E-state index contributed by atoms with van der Waals surface area (Å²) in [5.74, 6) is 0.296. The van der Waals surface area contributed by atoms with Gasteiger partial charge in [0.05, 0.1) is 0 Å². The highest BCUT2D eigenvalue weighted by Gasteiger charge is 2.38. The summed E-state index contributed by atoms with van der Waals surface area (Å²) in [6.45, 7) is 5.48. The number of carbonyl (C=O) groups excluding carboxylic acids is 1. The number of halogens is 1. The van der Waals surface area contributed by atoms with E-state index in [2.05, 4.69) is 10.3 Å². The summed E-state index contributed by atoms with van der Waals surface area (Å²) in [4.78, 5) is 28.3. The van der Waals surface area contributed by atoms with Gasteiger partial charge < -0.3 is 20.3 Å². The van der Waals surface area contributed by atoms with Crippen molar-refractivity contribution in [3.05, 3.63) is 22.1 Å². The fraction of sp³-hybridized carbons (Fsp3) is 0.714. The topological polar surface area (TPSA) is 93.3 Å². The van der Waals surface area contributed by atoms with Crippen LogP contribution in [0, 0.1) is 22.5 Å². The van der Waals surface area contributed by atoms with Gasteiger partial charge in [-0.2, -0.15) is 0 Å². The first-order valence-corrected chi connectivity index (χ1v) is 7.66. The van der Waals surface area contributed by atoms with Gasteiger partial charge in [0.25, 0.3) is 0 Å². The van der Waals surface area contributed by atoms with E-state index < -0.39 is 4.92 Å². The molecule has 0 unspecified atom stereocenters. The van der Waals surface area contributed by atoms with Crippen molar-refractivity contribution in [2.24, 2.45) is 5.41 Å². The van der Waals surface area contributed by atoms with Gasteiger partial charge in [-0.3, -0.25) is 9.36 Å². The molecule has 0 saturated carbocycles. The van der Waals surface area contributed by atoms with E-state index >= 15 is 0 Å². The lowest BCUT2D eigenvalue weighted by molar-refractivity contribution is -0.389. The van der Waals surface area contributed by atoms with Crippen molar-refractivity contribution >= 4 is 24.1 Å². The molecule has 1 amide bonds. The Bertz CT molecular complexity index is 587. The fourth-order valence-electron chi connectivity index (χ4n) is 3.44. The second-order valence-corrected chi connectivity index (χ2v) is 6.34. The number of piperidine rings is 1. The first kappa shape index (κ1) is 17.7. The quantitative estimate of drug-likeness (QED) is 0.655. The largest absolute Gasteiger partial charge is 0.381 e. The molecule has 2 saturated heterocycles. The van der Waals surface area contributed by atoms with Gasteiger partial charge in [0.2, 0.25) is 11.7 Å². The molecule has 1 aromatic heterocycles. The predicted octanol–water partition coefficient (Wildman–Crippen LogP) is 1.12. The standard InChI is InChI=1S/C14H21N5O3.ClH/c1-11-16-12(19(21)22)8-18(11)9-13(20)17-6-3-14(4-7-17)2-5-15-10-14;/h8,15H,2-7,9-10H2,1H3;1H. The van der Waals surface area contributed by atoms with Crippen LogP contribution in [-0.4, -0.2) is 51.5 Å². The number of carbonyl (C=O) groups is 1. The summed E-state index contributed by atoms with van der Waals surface area (Å²) in [6, 6.07) is 0. The minimum Gasteiger partial charge on any atom is -0.358 e. The molecule has 0 atom stereocenters. The molecule has 1 spiro atoms.